The molecule has 0 atom stereocenters. The van der Waals surface area contributed by atoms with Crippen LogP contribution in [-0.4, -0.2) is 0 Å². The van der Waals surface area contributed by atoms with Crippen LogP contribution in [0, 0.1) is 0 Å². The van der Waals surface area contributed by atoms with Crippen molar-refractivity contribution in [3.63, 3.8) is 0 Å². The highest BCUT2D eigenvalue weighted by Gasteiger charge is 2.13. The van der Waals surface area contributed by atoms with Crippen molar-refractivity contribution in [3.8, 4) is 0 Å². The molecule has 0 N–H and O–H groups in total. The second-order valence-electron chi connectivity index (χ2n) is 12.8. The minimum atomic E-state index is 1.00. The number of unbranched alkanes of at least 4 members (excludes halogenated alkanes) is 11. The predicted molar refractivity (Wildman–Crippen MR) is 193 cm³/mol. The van der Waals surface area contributed by atoms with Crippen LogP contribution >= 0.6 is 0 Å². The Hall–Kier alpha value is -3.26. The lowest BCUT2D eigenvalue weighted by Gasteiger charge is -2.08. The van der Waals surface area contributed by atoms with Crippen molar-refractivity contribution < 1.29 is 8.83 Å². The van der Waals surface area contributed by atoms with Gasteiger partial charge in [0.1, 0.15) is 22.7 Å². The summed E-state index contributed by atoms with van der Waals surface area (Å²) in [4.78, 5) is 0. The Bertz CT molecular complexity index is 1630. The standard InChI is InChI=1S/C36H40O2.C6H14/c1-3-5-7-9-11-13-25-23-33-31-17-15-28-27(29(31)19-21-35(33)37-25)16-18-32-30(28)20-22-36-34(32)24-26(38-36)14-12-10-8-6-4-2;1-3-5-6-4-2/h15-24H,3-14H2,1-2H3;3-6H2,1-2H3. The van der Waals surface area contributed by atoms with Crippen molar-refractivity contribution >= 4 is 54.3 Å². The number of benzene rings is 4. The fourth-order valence-electron chi connectivity index (χ4n) is 6.74. The molecule has 0 unspecified atom stereocenters. The molecule has 2 aromatic heterocycles. The molecule has 0 bridgehead atoms. The number of aryl methyl sites for hydroxylation is 2. The molecule has 0 aliphatic heterocycles. The van der Waals surface area contributed by atoms with Crippen molar-refractivity contribution in [2.45, 2.75) is 130 Å². The van der Waals surface area contributed by atoms with Crippen LogP contribution in [0.25, 0.3) is 54.3 Å². The van der Waals surface area contributed by atoms with Gasteiger partial charge in [0.25, 0.3) is 0 Å². The zero-order valence-electron chi connectivity index (χ0n) is 27.9. The van der Waals surface area contributed by atoms with Gasteiger partial charge in [-0.15, -0.1) is 0 Å². The van der Waals surface area contributed by atoms with Crippen LogP contribution in [0.1, 0.15) is 129 Å². The normalized spacial score (nSPS) is 11.7. The van der Waals surface area contributed by atoms with Crippen molar-refractivity contribution in [3.05, 3.63) is 72.2 Å². The summed E-state index contributed by atoms with van der Waals surface area (Å²) in [5, 5.41) is 10.2. The zero-order chi connectivity index (χ0) is 30.7. The third-order valence-corrected chi connectivity index (χ3v) is 9.30. The van der Waals surface area contributed by atoms with E-state index in [-0.39, 0.29) is 0 Å². The predicted octanol–water partition coefficient (Wildman–Crippen LogP) is 14.3. The van der Waals surface area contributed by atoms with Gasteiger partial charge in [0.05, 0.1) is 0 Å². The number of hydrogen-bond donors (Lipinski definition) is 0. The van der Waals surface area contributed by atoms with Crippen LogP contribution in [0.15, 0.2) is 69.5 Å². The first kappa shape index (κ1) is 32.1. The quantitative estimate of drug-likeness (QED) is 0.0878. The molecule has 4 aromatic carbocycles. The summed E-state index contributed by atoms with van der Waals surface area (Å²) in [5.41, 5.74) is 2.01. The molecule has 0 aliphatic rings. The molecule has 2 heteroatoms. The molecule has 2 heterocycles. The Morgan fingerprint density at radius 3 is 1.00 bits per heavy atom. The Kier molecular flexibility index (Phi) is 11.8. The third kappa shape index (κ3) is 7.51. The summed E-state index contributed by atoms with van der Waals surface area (Å²) in [5.74, 6) is 2.23. The molecule has 0 aliphatic carbocycles. The lowest BCUT2D eigenvalue weighted by molar-refractivity contribution is 0.524. The minimum Gasteiger partial charge on any atom is -0.461 e. The summed E-state index contributed by atoms with van der Waals surface area (Å²) in [6.45, 7) is 9.00. The fraction of sp³-hybridized carbons (Fsp3) is 0.476. The van der Waals surface area contributed by atoms with Crippen LogP contribution in [0.3, 0.4) is 0 Å². The number of furan rings is 2. The average molecular weight is 591 g/mol. The molecule has 6 rings (SSSR count). The first-order valence-corrected chi connectivity index (χ1v) is 17.9. The van der Waals surface area contributed by atoms with Crippen LogP contribution in [0.2, 0.25) is 0 Å². The largest absolute Gasteiger partial charge is 0.461 e. The lowest BCUT2D eigenvalue weighted by atomic mass is 9.94. The van der Waals surface area contributed by atoms with Crippen molar-refractivity contribution in [1.29, 1.82) is 0 Å². The second kappa shape index (κ2) is 16.2. The number of fused-ring (bicyclic) bond motifs is 9. The van der Waals surface area contributed by atoms with Crippen LogP contribution in [-0.2, 0) is 12.8 Å². The molecule has 44 heavy (non-hydrogen) atoms. The number of rotatable bonds is 15. The van der Waals surface area contributed by atoms with Gasteiger partial charge >= 0.3 is 0 Å². The summed E-state index contributed by atoms with van der Waals surface area (Å²) in [7, 11) is 0. The maximum Gasteiger partial charge on any atom is 0.134 e. The fourth-order valence-corrected chi connectivity index (χ4v) is 6.74. The molecule has 0 saturated carbocycles. The van der Waals surface area contributed by atoms with E-state index in [2.05, 4.69) is 88.4 Å². The molecule has 2 nitrogen and oxygen atoms in total. The van der Waals surface area contributed by atoms with Gasteiger partial charge in [0, 0.05) is 23.6 Å². The first-order chi connectivity index (χ1) is 21.7. The van der Waals surface area contributed by atoms with Crippen LogP contribution < -0.4 is 0 Å². The average Bonchev–Trinajstić information content (AvgIpc) is 3.67. The first-order valence-electron chi connectivity index (χ1n) is 17.9. The Morgan fingerprint density at radius 2 is 0.636 bits per heavy atom. The van der Waals surface area contributed by atoms with Gasteiger partial charge in [0.2, 0.25) is 0 Å². The minimum absolute atomic E-state index is 1.00. The highest BCUT2D eigenvalue weighted by molar-refractivity contribution is 6.24. The molecular weight excluding hydrogens is 536 g/mol. The van der Waals surface area contributed by atoms with Crippen LogP contribution in [0.5, 0.6) is 0 Å². The van der Waals surface area contributed by atoms with Gasteiger partial charge < -0.3 is 8.83 Å². The van der Waals surface area contributed by atoms with E-state index in [4.69, 9.17) is 8.83 Å². The van der Waals surface area contributed by atoms with E-state index in [1.165, 1.54) is 133 Å². The molecule has 234 valence electrons. The number of hydrogen-bond acceptors (Lipinski definition) is 2. The van der Waals surface area contributed by atoms with Gasteiger partial charge in [0.15, 0.2) is 0 Å². The molecule has 6 aromatic rings. The van der Waals surface area contributed by atoms with Crippen molar-refractivity contribution in [2.75, 3.05) is 0 Å². The summed E-state index contributed by atoms with van der Waals surface area (Å²) in [6, 6.07) is 22.6. The van der Waals surface area contributed by atoms with E-state index in [0.717, 1.165) is 35.5 Å². The molecule has 0 amide bonds. The summed E-state index contributed by atoms with van der Waals surface area (Å²) in [6.07, 6.45) is 20.5. The van der Waals surface area contributed by atoms with E-state index in [0.29, 0.717) is 0 Å². The van der Waals surface area contributed by atoms with Crippen LogP contribution in [0.4, 0.5) is 0 Å². The van der Waals surface area contributed by atoms with E-state index in [9.17, 15) is 0 Å². The molecule has 0 radical (unpaired) electrons. The summed E-state index contributed by atoms with van der Waals surface area (Å²) >= 11 is 0. The van der Waals surface area contributed by atoms with Gasteiger partial charge in [-0.1, -0.05) is 141 Å². The Labute approximate surface area is 265 Å². The van der Waals surface area contributed by atoms with E-state index < -0.39 is 0 Å². The highest BCUT2D eigenvalue weighted by atomic mass is 16.3. The summed E-state index contributed by atoms with van der Waals surface area (Å²) < 4.78 is 12.5. The smallest absolute Gasteiger partial charge is 0.134 e. The molecule has 0 spiro atoms. The second-order valence-corrected chi connectivity index (χ2v) is 12.8. The molecule has 0 fully saturated rings. The van der Waals surface area contributed by atoms with E-state index >= 15 is 0 Å². The topological polar surface area (TPSA) is 26.3 Å². The Morgan fingerprint density at radius 1 is 0.341 bits per heavy atom. The van der Waals surface area contributed by atoms with Gasteiger partial charge in [-0.3, -0.25) is 0 Å². The SMILES string of the molecule is CCCCCC.CCCCCCCc1cc2c(ccc3c2ccc2c4ccc5oc(CCCCCCC)cc5c4ccc32)o1. The van der Waals surface area contributed by atoms with Gasteiger partial charge in [-0.2, -0.15) is 0 Å². The van der Waals surface area contributed by atoms with E-state index in [1.54, 1.807) is 0 Å². The maximum atomic E-state index is 6.25. The monoisotopic (exact) mass is 590 g/mol. The van der Waals surface area contributed by atoms with Gasteiger partial charge in [-0.05, 0) is 69.4 Å². The molecular formula is C42H54O2. The molecule has 0 saturated heterocycles. The maximum absolute atomic E-state index is 6.25. The van der Waals surface area contributed by atoms with Gasteiger partial charge in [-0.25, -0.2) is 0 Å². The third-order valence-electron chi connectivity index (χ3n) is 9.30. The van der Waals surface area contributed by atoms with Crippen molar-refractivity contribution in [1.82, 2.24) is 0 Å². The van der Waals surface area contributed by atoms with E-state index in [1.807, 2.05) is 0 Å². The lowest BCUT2D eigenvalue weighted by Crippen LogP contribution is -1.83. The zero-order valence-corrected chi connectivity index (χ0v) is 27.9. The highest BCUT2D eigenvalue weighted by Crippen LogP contribution is 2.38. The van der Waals surface area contributed by atoms with Crippen molar-refractivity contribution in [2.24, 2.45) is 0 Å². The Balaban J connectivity index is 0.000000584.